The predicted molar refractivity (Wildman–Crippen MR) is 66.6 cm³/mol. The zero-order valence-electron chi connectivity index (χ0n) is 9.09. The minimum atomic E-state index is 0.862. The monoisotopic (exact) mass is 211 g/mol. The van der Waals surface area contributed by atoms with Crippen LogP contribution >= 0.6 is 0 Å². The van der Waals surface area contributed by atoms with E-state index in [1.165, 1.54) is 0 Å². The number of para-hydroxylation sites is 1. The summed E-state index contributed by atoms with van der Waals surface area (Å²) < 4.78 is 0. The second-order valence-corrected chi connectivity index (χ2v) is 3.34. The van der Waals surface area contributed by atoms with Crippen molar-refractivity contribution in [3.8, 4) is 0 Å². The number of hydrogen-bond acceptors (Lipinski definition) is 3. The molecule has 0 amide bonds. The summed E-state index contributed by atoms with van der Waals surface area (Å²) in [5, 5.41) is 11.0. The van der Waals surface area contributed by atoms with Gasteiger partial charge in [0.15, 0.2) is 0 Å². The van der Waals surface area contributed by atoms with Crippen molar-refractivity contribution in [3.05, 3.63) is 54.6 Å². The summed E-state index contributed by atoms with van der Waals surface area (Å²) >= 11 is 0. The van der Waals surface area contributed by atoms with Gasteiger partial charge in [-0.25, -0.2) is 0 Å². The zero-order chi connectivity index (χ0) is 11.2. The molecule has 0 aliphatic rings. The fraction of sp³-hybridized carbons (Fsp3) is 0.0769. The van der Waals surface area contributed by atoms with Crippen molar-refractivity contribution in [2.24, 2.45) is 10.2 Å². The summed E-state index contributed by atoms with van der Waals surface area (Å²) in [6, 6.07) is 17.9. The molecule has 0 aliphatic heterocycles. The molecule has 0 aliphatic carbocycles. The molecule has 80 valence electrons. The van der Waals surface area contributed by atoms with E-state index in [4.69, 9.17) is 0 Å². The van der Waals surface area contributed by atoms with Crippen molar-refractivity contribution in [3.63, 3.8) is 0 Å². The lowest BCUT2D eigenvalue weighted by Crippen LogP contribution is -1.88. The Morgan fingerprint density at radius 2 is 1.44 bits per heavy atom. The van der Waals surface area contributed by atoms with E-state index in [0.29, 0.717) is 0 Å². The summed E-state index contributed by atoms with van der Waals surface area (Å²) in [7, 11) is 1.66. The van der Waals surface area contributed by atoms with Gasteiger partial charge in [0.1, 0.15) is 0 Å². The van der Waals surface area contributed by atoms with E-state index in [1.54, 1.807) is 7.05 Å². The van der Waals surface area contributed by atoms with Crippen LogP contribution in [0.3, 0.4) is 0 Å². The first-order valence-corrected chi connectivity index (χ1v) is 5.10. The number of benzene rings is 2. The van der Waals surface area contributed by atoms with E-state index < -0.39 is 0 Å². The molecule has 1 N–H and O–H groups in total. The quantitative estimate of drug-likeness (QED) is 0.761. The zero-order valence-corrected chi connectivity index (χ0v) is 9.09. The second kappa shape index (κ2) is 5.07. The van der Waals surface area contributed by atoms with E-state index in [2.05, 4.69) is 15.5 Å². The van der Waals surface area contributed by atoms with Crippen molar-refractivity contribution in [2.75, 3.05) is 12.4 Å². The van der Waals surface area contributed by atoms with Crippen molar-refractivity contribution in [1.82, 2.24) is 0 Å². The lowest BCUT2D eigenvalue weighted by atomic mass is 10.2. The Morgan fingerprint density at radius 1 is 0.812 bits per heavy atom. The molecule has 0 bridgehead atoms. The first-order valence-electron chi connectivity index (χ1n) is 5.10. The van der Waals surface area contributed by atoms with Crippen LogP contribution in [0.15, 0.2) is 64.8 Å². The van der Waals surface area contributed by atoms with Gasteiger partial charge in [0, 0.05) is 18.4 Å². The Kier molecular flexibility index (Phi) is 3.28. The summed E-state index contributed by atoms with van der Waals surface area (Å²) in [4.78, 5) is 0. The molecule has 3 nitrogen and oxygen atoms in total. The average Bonchev–Trinajstić information content (AvgIpc) is 2.33. The average molecular weight is 211 g/mol. The molecular formula is C13H13N3. The molecule has 2 aromatic rings. The summed E-state index contributed by atoms with van der Waals surface area (Å²) in [6.07, 6.45) is 0. The number of nitrogens with one attached hydrogen (secondary N) is 1. The first kappa shape index (κ1) is 10.4. The van der Waals surface area contributed by atoms with Gasteiger partial charge in [-0.3, -0.25) is 0 Å². The van der Waals surface area contributed by atoms with Gasteiger partial charge in [-0.05, 0) is 36.4 Å². The maximum Gasteiger partial charge on any atom is 0.0853 e. The van der Waals surface area contributed by atoms with Gasteiger partial charge in [-0.1, -0.05) is 18.2 Å². The topological polar surface area (TPSA) is 36.8 Å². The molecule has 0 saturated carbocycles. The fourth-order valence-corrected chi connectivity index (χ4v) is 1.42. The van der Waals surface area contributed by atoms with Gasteiger partial charge in [0.05, 0.1) is 5.69 Å². The largest absolute Gasteiger partial charge is 0.356 e. The third kappa shape index (κ3) is 2.67. The van der Waals surface area contributed by atoms with Crippen LogP contribution in [0, 0.1) is 0 Å². The van der Waals surface area contributed by atoms with E-state index in [1.807, 2.05) is 54.6 Å². The lowest BCUT2D eigenvalue weighted by molar-refractivity contribution is 1.17. The Hall–Kier alpha value is -2.16. The smallest absolute Gasteiger partial charge is 0.0853 e. The molecule has 3 heteroatoms. The molecular weight excluding hydrogens is 198 g/mol. The van der Waals surface area contributed by atoms with Crippen LogP contribution in [0.1, 0.15) is 0 Å². The third-order valence-corrected chi connectivity index (χ3v) is 2.15. The van der Waals surface area contributed by atoms with Crippen LogP contribution in [0.25, 0.3) is 0 Å². The highest BCUT2D eigenvalue weighted by Gasteiger charge is 1.93. The van der Waals surface area contributed by atoms with Crippen molar-refractivity contribution < 1.29 is 0 Å². The molecule has 0 unspecified atom stereocenters. The van der Waals surface area contributed by atoms with Crippen molar-refractivity contribution in [1.29, 1.82) is 0 Å². The van der Waals surface area contributed by atoms with Crippen LogP contribution in [-0.2, 0) is 0 Å². The van der Waals surface area contributed by atoms with Crippen LogP contribution in [0.5, 0.6) is 0 Å². The van der Waals surface area contributed by atoms with E-state index in [9.17, 15) is 0 Å². The van der Waals surface area contributed by atoms with Crippen molar-refractivity contribution >= 4 is 17.1 Å². The summed E-state index contributed by atoms with van der Waals surface area (Å²) in [5.74, 6) is 0. The van der Waals surface area contributed by atoms with Crippen LogP contribution in [0.2, 0.25) is 0 Å². The fourth-order valence-electron chi connectivity index (χ4n) is 1.42. The Balaban J connectivity index is 2.11. The normalized spacial score (nSPS) is 10.6. The molecule has 2 rings (SSSR count). The van der Waals surface area contributed by atoms with E-state index in [-0.39, 0.29) is 0 Å². The lowest BCUT2D eigenvalue weighted by Gasteiger charge is -2.05. The molecule has 2 aromatic carbocycles. The Morgan fingerprint density at radius 3 is 2.06 bits per heavy atom. The maximum absolute atomic E-state index is 3.95. The molecule has 0 fully saturated rings. The number of anilines is 2. The molecule has 0 spiro atoms. The van der Waals surface area contributed by atoms with E-state index >= 15 is 0 Å². The summed E-state index contributed by atoms with van der Waals surface area (Å²) in [5.41, 5.74) is 2.98. The standard InChI is InChI=1S/C13H13N3/c1-14-16-13-9-7-12(8-10-13)15-11-5-3-2-4-6-11/h2-10,15H,1H3. The maximum atomic E-state index is 3.95. The number of azo groups is 1. The van der Waals surface area contributed by atoms with Gasteiger partial charge < -0.3 is 5.32 Å². The Labute approximate surface area is 94.9 Å². The highest BCUT2D eigenvalue weighted by atomic mass is 15.1. The van der Waals surface area contributed by atoms with Gasteiger partial charge in [-0.2, -0.15) is 10.2 Å². The highest BCUT2D eigenvalue weighted by molar-refractivity contribution is 5.61. The van der Waals surface area contributed by atoms with Crippen LogP contribution in [0.4, 0.5) is 17.1 Å². The molecule has 0 heterocycles. The molecule has 0 radical (unpaired) electrons. The SMILES string of the molecule is CN=Nc1ccc(Nc2ccccc2)cc1. The van der Waals surface area contributed by atoms with Gasteiger partial charge >= 0.3 is 0 Å². The van der Waals surface area contributed by atoms with Gasteiger partial charge in [0.2, 0.25) is 0 Å². The van der Waals surface area contributed by atoms with Gasteiger partial charge in [-0.15, -0.1) is 0 Å². The third-order valence-electron chi connectivity index (χ3n) is 2.15. The minimum absolute atomic E-state index is 0.862. The molecule has 0 saturated heterocycles. The number of hydrogen-bond donors (Lipinski definition) is 1. The minimum Gasteiger partial charge on any atom is -0.356 e. The molecule has 16 heavy (non-hydrogen) atoms. The highest BCUT2D eigenvalue weighted by Crippen LogP contribution is 2.20. The van der Waals surface area contributed by atoms with Crippen LogP contribution in [-0.4, -0.2) is 7.05 Å². The first-order chi connectivity index (χ1) is 7.88. The Bertz CT molecular complexity index is 460. The molecule has 0 atom stereocenters. The van der Waals surface area contributed by atoms with Crippen LogP contribution < -0.4 is 5.32 Å². The number of rotatable bonds is 3. The molecule has 0 aromatic heterocycles. The van der Waals surface area contributed by atoms with E-state index in [0.717, 1.165) is 17.1 Å². The predicted octanol–water partition coefficient (Wildman–Crippen LogP) is 4.14. The summed E-state index contributed by atoms with van der Waals surface area (Å²) in [6.45, 7) is 0. The van der Waals surface area contributed by atoms with Gasteiger partial charge in [0.25, 0.3) is 0 Å². The van der Waals surface area contributed by atoms with Crippen molar-refractivity contribution in [2.45, 2.75) is 0 Å². The second-order valence-electron chi connectivity index (χ2n) is 3.34. The number of nitrogens with zero attached hydrogens (tertiary/aromatic N) is 2.